The van der Waals surface area contributed by atoms with Crippen molar-refractivity contribution in [1.82, 2.24) is 0 Å². The Kier molecular flexibility index (Phi) is 14.6. The van der Waals surface area contributed by atoms with Gasteiger partial charge >= 0.3 is 23.1 Å². The largest absolute Gasteiger partial charge is 2.00 e. The molecule has 5 heteroatoms. The van der Waals surface area contributed by atoms with Gasteiger partial charge in [0.1, 0.15) is 5.75 Å². The Balaban J connectivity index is -0.000000302. The second-order valence-electron chi connectivity index (χ2n) is 2.30. The number of allylic oxidation sites excluding steroid dienone is 1. The van der Waals surface area contributed by atoms with Gasteiger partial charge in [0.25, 0.3) is 0 Å². The van der Waals surface area contributed by atoms with Gasteiger partial charge in [0, 0.05) is 36.5 Å². The minimum atomic E-state index is 0. The van der Waals surface area contributed by atoms with E-state index in [1.165, 1.54) is 5.56 Å². The summed E-state index contributed by atoms with van der Waals surface area (Å²) < 4.78 is 5.24. The van der Waals surface area contributed by atoms with Crippen molar-refractivity contribution in [2.24, 2.45) is 0 Å². The van der Waals surface area contributed by atoms with Gasteiger partial charge in [0.05, 0.1) is 6.26 Å². The Morgan fingerprint density at radius 2 is 1.79 bits per heavy atom. The van der Waals surface area contributed by atoms with Crippen LogP contribution in [0.1, 0.15) is 5.56 Å². The van der Waals surface area contributed by atoms with Gasteiger partial charge in [0.2, 0.25) is 0 Å². The first-order valence-electron chi connectivity index (χ1n) is 3.36. The van der Waals surface area contributed by atoms with Crippen LogP contribution in [0.25, 0.3) is 0 Å². The molecule has 0 amide bonds. The average Bonchev–Trinajstić information content (AvgIpc) is 2.05. The fraction of sp³-hybridized carbons (Fsp3) is 0.111. The maximum absolute atomic E-state index is 5.24. The molecule has 0 spiro atoms. The Morgan fingerprint density at radius 1 is 1.14 bits per heavy atom. The molecule has 0 aromatic heterocycles. The van der Waals surface area contributed by atoms with Crippen molar-refractivity contribution in [2.75, 3.05) is 0 Å². The van der Waals surface area contributed by atoms with Crippen LogP contribution >= 0.6 is 0 Å². The van der Waals surface area contributed by atoms with Crippen LogP contribution in [-0.4, -0.2) is 23.1 Å². The van der Waals surface area contributed by atoms with E-state index in [4.69, 9.17) is 4.74 Å². The van der Waals surface area contributed by atoms with Crippen LogP contribution in [0.4, 0.5) is 0 Å². The third-order valence-electron chi connectivity index (χ3n) is 1.60. The summed E-state index contributed by atoms with van der Waals surface area (Å²) in [7, 11) is 0. The molecule has 0 unspecified atom stereocenters. The summed E-state index contributed by atoms with van der Waals surface area (Å²) in [6, 6.07) is 8.08. The number of benzene rings is 1. The van der Waals surface area contributed by atoms with Gasteiger partial charge in [0.15, 0.2) is 0 Å². The predicted molar refractivity (Wildman–Crippen MR) is 46.4 cm³/mol. The van der Waals surface area contributed by atoms with Crippen LogP contribution in [-0.2, 0) is 48.4 Å². The molecule has 0 aliphatic carbocycles. The monoisotopic (exact) mass is 299 g/mol. The number of para-hydroxylation sites is 1. The van der Waals surface area contributed by atoms with Crippen LogP contribution in [0.3, 0.4) is 0 Å². The third-order valence-corrected chi connectivity index (χ3v) is 1.60. The van der Waals surface area contributed by atoms with Crippen molar-refractivity contribution in [3.8, 4) is 5.75 Å². The predicted octanol–water partition coefficient (Wildman–Crippen LogP) is 1.63. The van der Waals surface area contributed by atoms with Gasteiger partial charge in [-0.15, -0.1) is 0 Å². The summed E-state index contributed by atoms with van der Waals surface area (Å²) in [5.74, 6) is 0.991. The molecule has 1 aliphatic heterocycles. The van der Waals surface area contributed by atoms with E-state index in [-0.39, 0.29) is 65.1 Å². The van der Waals surface area contributed by atoms with Crippen molar-refractivity contribution in [2.45, 2.75) is 6.42 Å². The van der Waals surface area contributed by atoms with E-state index < -0.39 is 0 Å². The fourth-order valence-corrected chi connectivity index (χ4v) is 1.08. The molecule has 0 saturated heterocycles. The molecule has 1 radical (unpaired) electrons. The maximum atomic E-state index is 5.24. The number of hydrogen-bond acceptors (Lipinski definition) is 1. The SMILES string of the molecule is C1=COc2ccccc2C1.[Cu].[Mg+2].[O-2].[Zn]. The number of fused-ring (bicyclic) bond motifs is 1. The number of rotatable bonds is 0. The minimum absolute atomic E-state index is 0. The second kappa shape index (κ2) is 10.2. The summed E-state index contributed by atoms with van der Waals surface area (Å²) in [6.45, 7) is 0. The van der Waals surface area contributed by atoms with Crippen molar-refractivity contribution >= 4 is 23.1 Å². The van der Waals surface area contributed by atoms with E-state index in [2.05, 4.69) is 6.07 Å². The zero-order valence-electron chi connectivity index (χ0n) is 7.70. The molecular weight excluding hydrogens is 293 g/mol. The van der Waals surface area contributed by atoms with Gasteiger partial charge in [-0.05, 0) is 24.1 Å². The van der Waals surface area contributed by atoms with Crippen molar-refractivity contribution < 1.29 is 46.8 Å². The molecule has 0 fully saturated rings. The van der Waals surface area contributed by atoms with E-state index in [1.54, 1.807) is 6.26 Å². The van der Waals surface area contributed by atoms with Gasteiger partial charge in [-0.2, -0.15) is 0 Å². The Hall–Kier alpha value is 0.629. The standard InChI is InChI=1S/C9H8O.Cu.Mg.O.Zn/c1-2-6-9-8(4-1)5-3-7-10-9;;;;/h1-4,6-7H,5H2;;;;/q;;+2;-2;. The maximum Gasteiger partial charge on any atom is 2.00 e. The second-order valence-corrected chi connectivity index (χ2v) is 2.30. The summed E-state index contributed by atoms with van der Waals surface area (Å²) >= 11 is 0. The van der Waals surface area contributed by atoms with Crippen LogP contribution in [0.2, 0.25) is 0 Å². The molecule has 2 rings (SSSR count). The molecule has 0 N–H and O–H groups in total. The van der Waals surface area contributed by atoms with Crippen molar-refractivity contribution in [1.29, 1.82) is 0 Å². The molecule has 1 aliphatic rings. The Labute approximate surface area is 123 Å². The molecule has 1 heterocycles. The molecule has 71 valence electrons. The van der Waals surface area contributed by atoms with Gasteiger partial charge < -0.3 is 10.2 Å². The molecule has 0 atom stereocenters. The third kappa shape index (κ3) is 4.92. The van der Waals surface area contributed by atoms with E-state index in [1.807, 2.05) is 24.3 Å². The molecule has 14 heavy (non-hydrogen) atoms. The topological polar surface area (TPSA) is 37.7 Å². The van der Waals surface area contributed by atoms with Gasteiger partial charge in [-0.3, -0.25) is 0 Å². The molecule has 1 aromatic rings. The summed E-state index contributed by atoms with van der Waals surface area (Å²) in [6.07, 6.45) is 4.75. The van der Waals surface area contributed by atoms with Crippen LogP contribution in [0.5, 0.6) is 5.75 Å². The summed E-state index contributed by atoms with van der Waals surface area (Å²) in [5.41, 5.74) is 1.27. The zero-order chi connectivity index (χ0) is 6.81. The van der Waals surface area contributed by atoms with Crippen LogP contribution < -0.4 is 4.74 Å². The minimum Gasteiger partial charge on any atom is -2.00 e. The Bertz CT molecular complexity index is 254. The van der Waals surface area contributed by atoms with Crippen molar-refractivity contribution in [3.63, 3.8) is 0 Å². The first-order chi connectivity index (χ1) is 4.97. The number of ether oxygens (including phenoxy) is 1. The van der Waals surface area contributed by atoms with Gasteiger partial charge in [-0.25, -0.2) is 0 Å². The van der Waals surface area contributed by atoms with Gasteiger partial charge in [-0.1, -0.05) is 18.2 Å². The van der Waals surface area contributed by atoms with E-state index >= 15 is 0 Å². The molecule has 1 aromatic carbocycles. The van der Waals surface area contributed by atoms with Crippen molar-refractivity contribution in [3.05, 3.63) is 42.2 Å². The van der Waals surface area contributed by atoms with Crippen LogP contribution in [0, 0.1) is 0 Å². The average molecular weight is 301 g/mol. The first-order valence-corrected chi connectivity index (χ1v) is 3.36. The quantitative estimate of drug-likeness (QED) is 0.671. The molecule has 0 bridgehead atoms. The number of hydrogen-bond donors (Lipinski definition) is 0. The van der Waals surface area contributed by atoms with E-state index in [0.29, 0.717) is 0 Å². The first kappa shape index (κ1) is 20.1. The van der Waals surface area contributed by atoms with E-state index in [9.17, 15) is 0 Å². The summed E-state index contributed by atoms with van der Waals surface area (Å²) in [5, 5.41) is 0. The molecular formula is C9H8CuMgO2Zn. The Morgan fingerprint density at radius 3 is 2.43 bits per heavy atom. The summed E-state index contributed by atoms with van der Waals surface area (Å²) in [4.78, 5) is 0. The molecule has 2 nitrogen and oxygen atoms in total. The molecule has 0 saturated carbocycles. The zero-order valence-corrected chi connectivity index (χ0v) is 13.0. The van der Waals surface area contributed by atoms with Crippen LogP contribution in [0.15, 0.2) is 36.6 Å². The fourth-order valence-electron chi connectivity index (χ4n) is 1.08. The normalized spacial score (nSPS) is 10.0. The van der Waals surface area contributed by atoms with E-state index in [0.717, 1.165) is 12.2 Å². The smallest absolute Gasteiger partial charge is 2.00 e.